The van der Waals surface area contributed by atoms with Crippen molar-refractivity contribution in [3.05, 3.63) is 0 Å². The Balaban J connectivity index is 0.00000128. The minimum atomic E-state index is 0. The smallest absolute Gasteiger partial charge is 0.233 e. The van der Waals surface area contributed by atoms with E-state index in [4.69, 9.17) is 0 Å². The number of nitrogens with one attached hydrogen (secondary N) is 2. The van der Waals surface area contributed by atoms with Gasteiger partial charge in [0.15, 0.2) is 0 Å². The predicted octanol–water partition coefficient (Wildman–Crippen LogP) is 1.57. The maximum atomic E-state index is 11.4. The summed E-state index contributed by atoms with van der Waals surface area (Å²) in [6.07, 6.45) is 3.93. The molecule has 3 nitrogen and oxygen atoms in total. The Morgan fingerprint density at radius 2 is 1.94 bits per heavy atom. The van der Waals surface area contributed by atoms with E-state index in [0.29, 0.717) is 17.9 Å². The highest BCUT2D eigenvalue weighted by molar-refractivity contribution is 5.85. The van der Waals surface area contributed by atoms with Crippen molar-refractivity contribution < 1.29 is 4.79 Å². The highest BCUT2D eigenvalue weighted by Gasteiger charge is 2.45. The zero-order valence-electron chi connectivity index (χ0n) is 10.2. The van der Waals surface area contributed by atoms with Gasteiger partial charge in [-0.25, -0.2) is 0 Å². The Bertz CT molecular complexity index is 251. The maximum absolute atomic E-state index is 11.4. The van der Waals surface area contributed by atoms with Gasteiger partial charge < -0.3 is 10.6 Å². The summed E-state index contributed by atoms with van der Waals surface area (Å²) < 4.78 is 0. The van der Waals surface area contributed by atoms with Crippen LogP contribution in [0.25, 0.3) is 0 Å². The first-order valence-corrected chi connectivity index (χ1v) is 6.05. The zero-order chi connectivity index (χ0) is 10.9. The summed E-state index contributed by atoms with van der Waals surface area (Å²) >= 11 is 0. The van der Waals surface area contributed by atoms with Gasteiger partial charge in [0.2, 0.25) is 5.91 Å². The Morgan fingerprint density at radius 3 is 2.44 bits per heavy atom. The zero-order valence-corrected chi connectivity index (χ0v) is 11.0. The van der Waals surface area contributed by atoms with Crippen molar-refractivity contribution in [1.82, 2.24) is 10.6 Å². The molecule has 0 spiro atoms. The number of halogens is 1. The Labute approximate surface area is 104 Å². The van der Waals surface area contributed by atoms with Gasteiger partial charge in [0.05, 0.1) is 6.54 Å². The lowest BCUT2D eigenvalue weighted by atomic mass is 10.1. The molecule has 0 bridgehead atoms. The molecule has 0 saturated heterocycles. The molecule has 16 heavy (non-hydrogen) atoms. The van der Waals surface area contributed by atoms with E-state index in [1.807, 2.05) is 0 Å². The first kappa shape index (κ1) is 13.8. The van der Waals surface area contributed by atoms with E-state index in [-0.39, 0.29) is 18.3 Å². The number of hydrogen-bond donors (Lipinski definition) is 2. The highest BCUT2D eigenvalue weighted by atomic mass is 35.5. The fourth-order valence-electron chi connectivity index (χ4n) is 1.94. The molecule has 0 aromatic carbocycles. The van der Waals surface area contributed by atoms with Crippen LogP contribution in [-0.4, -0.2) is 25.5 Å². The molecule has 2 aliphatic carbocycles. The van der Waals surface area contributed by atoms with E-state index >= 15 is 0 Å². The molecule has 0 heterocycles. The molecule has 2 rings (SSSR count). The molecule has 1 amide bonds. The predicted molar refractivity (Wildman–Crippen MR) is 67.7 cm³/mol. The van der Waals surface area contributed by atoms with Crippen molar-refractivity contribution in [2.75, 3.05) is 19.6 Å². The quantitative estimate of drug-likeness (QED) is 0.747. The summed E-state index contributed by atoms with van der Waals surface area (Å²) in [7, 11) is 0. The summed E-state index contributed by atoms with van der Waals surface area (Å²) in [6.45, 7) is 6.88. The maximum Gasteiger partial charge on any atom is 0.233 e. The average molecular weight is 247 g/mol. The molecule has 0 aliphatic heterocycles. The van der Waals surface area contributed by atoms with Gasteiger partial charge in [0, 0.05) is 6.54 Å². The summed E-state index contributed by atoms with van der Waals surface area (Å²) in [5.41, 5.74) is 0.467. The molecule has 0 aromatic heterocycles. The second kappa shape index (κ2) is 5.37. The number of carbonyl (C=O) groups is 1. The monoisotopic (exact) mass is 246 g/mol. The molecule has 0 radical (unpaired) electrons. The molecule has 2 fully saturated rings. The van der Waals surface area contributed by atoms with E-state index in [2.05, 4.69) is 24.5 Å². The van der Waals surface area contributed by atoms with Gasteiger partial charge in [-0.3, -0.25) is 4.79 Å². The molecule has 94 valence electrons. The van der Waals surface area contributed by atoms with Crippen LogP contribution in [0.2, 0.25) is 0 Å². The minimum absolute atomic E-state index is 0. The van der Waals surface area contributed by atoms with E-state index in [1.165, 1.54) is 19.3 Å². The van der Waals surface area contributed by atoms with Gasteiger partial charge in [-0.2, -0.15) is 0 Å². The lowest BCUT2D eigenvalue weighted by molar-refractivity contribution is -0.120. The Hall–Kier alpha value is -0.280. The van der Waals surface area contributed by atoms with E-state index in [0.717, 1.165) is 19.0 Å². The normalized spacial score (nSPS) is 25.8. The Morgan fingerprint density at radius 1 is 1.31 bits per heavy atom. The largest absolute Gasteiger partial charge is 0.355 e. The molecule has 1 atom stereocenters. The average Bonchev–Trinajstić information content (AvgIpc) is 3.02. The molecule has 2 aliphatic rings. The molecule has 4 heteroatoms. The molecule has 2 N–H and O–H groups in total. The fraction of sp³-hybridized carbons (Fsp3) is 0.917. The standard InChI is InChI=1S/C12H22N2O.ClH/c1-12(2)5-10(12)7-14-11(15)8-13-6-9-3-4-9;/h9-10,13H,3-8H2,1-2H3,(H,14,15);1H. The van der Waals surface area contributed by atoms with Crippen molar-refractivity contribution >= 4 is 18.3 Å². The van der Waals surface area contributed by atoms with Crippen LogP contribution >= 0.6 is 12.4 Å². The number of hydrogen-bond acceptors (Lipinski definition) is 2. The molecular weight excluding hydrogens is 224 g/mol. The van der Waals surface area contributed by atoms with Gasteiger partial charge in [-0.05, 0) is 43.1 Å². The minimum Gasteiger partial charge on any atom is -0.355 e. The third-order valence-corrected chi connectivity index (χ3v) is 3.68. The lowest BCUT2D eigenvalue weighted by Gasteiger charge is -2.07. The van der Waals surface area contributed by atoms with Crippen LogP contribution in [0.15, 0.2) is 0 Å². The van der Waals surface area contributed by atoms with Crippen molar-refractivity contribution in [2.45, 2.75) is 33.1 Å². The van der Waals surface area contributed by atoms with Gasteiger partial charge >= 0.3 is 0 Å². The second-order valence-corrected chi connectivity index (χ2v) is 5.77. The van der Waals surface area contributed by atoms with E-state index in [9.17, 15) is 4.79 Å². The van der Waals surface area contributed by atoms with Gasteiger partial charge in [0.25, 0.3) is 0 Å². The fourth-order valence-corrected chi connectivity index (χ4v) is 1.94. The number of rotatable bonds is 6. The van der Waals surface area contributed by atoms with Crippen molar-refractivity contribution in [1.29, 1.82) is 0 Å². The lowest BCUT2D eigenvalue weighted by Crippen LogP contribution is -2.36. The second-order valence-electron chi connectivity index (χ2n) is 5.77. The summed E-state index contributed by atoms with van der Waals surface area (Å²) in [5.74, 6) is 1.70. The van der Waals surface area contributed by atoms with Crippen molar-refractivity contribution in [3.63, 3.8) is 0 Å². The van der Waals surface area contributed by atoms with Crippen LogP contribution in [0.5, 0.6) is 0 Å². The first-order valence-electron chi connectivity index (χ1n) is 6.05. The summed E-state index contributed by atoms with van der Waals surface area (Å²) in [4.78, 5) is 11.4. The topological polar surface area (TPSA) is 41.1 Å². The van der Waals surface area contributed by atoms with Crippen LogP contribution in [0.3, 0.4) is 0 Å². The Kier molecular flexibility index (Phi) is 4.62. The van der Waals surface area contributed by atoms with E-state index in [1.54, 1.807) is 0 Å². The highest BCUT2D eigenvalue weighted by Crippen LogP contribution is 2.50. The number of amides is 1. The van der Waals surface area contributed by atoms with Crippen molar-refractivity contribution in [3.8, 4) is 0 Å². The molecular formula is C12H23ClN2O. The molecule has 2 saturated carbocycles. The van der Waals surface area contributed by atoms with Crippen LogP contribution in [0.1, 0.15) is 33.1 Å². The van der Waals surface area contributed by atoms with Gasteiger partial charge in [0.1, 0.15) is 0 Å². The van der Waals surface area contributed by atoms with E-state index < -0.39 is 0 Å². The van der Waals surface area contributed by atoms with Gasteiger partial charge in [-0.15, -0.1) is 12.4 Å². The van der Waals surface area contributed by atoms with Crippen LogP contribution < -0.4 is 10.6 Å². The molecule has 0 aromatic rings. The third kappa shape index (κ3) is 4.30. The van der Waals surface area contributed by atoms with Crippen molar-refractivity contribution in [2.24, 2.45) is 17.3 Å². The van der Waals surface area contributed by atoms with Crippen LogP contribution in [-0.2, 0) is 4.79 Å². The first-order chi connectivity index (χ1) is 7.08. The van der Waals surface area contributed by atoms with Crippen LogP contribution in [0, 0.1) is 17.3 Å². The summed E-state index contributed by atoms with van der Waals surface area (Å²) in [6, 6.07) is 0. The van der Waals surface area contributed by atoms with Gasteiger partial charge in [-0.1, -0.05) is 13.8 Å². The summed E-state index contributed by atoms with van der Waals surface area (Å²) in [5, 5.41) is 6.19. The number of carbonyl (C=O) groups excluding carboxylic acids is 1. The molecule has 1 unspecified atom stereocenters. The third-order valence-electron chi connectivity index (χ3n) is 3.68. The van der Waals surface area contributed by atoms with Crippen LogP contribution in [0.4, 0.5) is 0 Å². The SMILES string of the molecule is CC1(C)CC1CNC(=O)CNCC1CC1.Cl.